The third-order valence-electron chi connectivity index (χ3n) is 4.56. The van der Waals surface area contributed by atoms with Crippen LogP contribution in [-0.4, -0.2) is 44.7 Å². The number of amides is 1. The molecule has 0 aliphatic carbocycles. The SMILES string of the molecule is CCNC(=NCCCOc1ccccc1)NCCOc1ccc2c(c1)CCC(=O)N2.I. The van der Waals surface area contributed by atoms with Crippen molar-refractivity contribution in [3.8, 4) is 11.5 Å². The summed E-state index contributed by atoms with van der Waals surface area (Å²) in [6, 6.07) is 15.6. The molecule has 0 spiro atoms. The quantitative estimate of drug-likeness (QED) is 0.187. The fraction of sp³-hybridized carbons (Fsp3) is 0.391. The summed E-state index contributed by atoms with van der Waals surface area (Å²) in [5, 5.41) is 9.40. The fourth-order valence-electron chi connectivity index (χ4n) is 3.09. The molecule has 0 unspecified atom stereocenters. The highest BCUT2D eigenvalue weighted by molar-refractivity contribution is 14.0. The minimum atomic E-state index is 0. The van der Waals surface area contributed by atoms with E-state index < -0.39 is 0 Å². The highest BCUT2D eigenvalue weighted by atomic mass is 127. The standard InChI is InChI=1S/C23H30N4O3.HI/c1-2-24-23(25-13-6-15-29-19-7-4-3-5-8-19)26-14-16-30-20-10-11-21-18(17-20)9-12-22(28)27-21;/h3-5,7-8,10-11,17H,2,6,9,12-16H2,1H3,(H,27,28)(H2,24,25,26);1H. The zero-order chi connectivity index (χ0) is 21.0. The summed E-state index contributed by atoms with van der Waals surface area (Å²) in [5.41, 5.74) is 2.00. The van der Waals surface area contributed by atoms with E-state index in [1.165, 1.54) is 0 Å². The van der Waals surface area contributed by atoms with E-state index in [0.717, 1.165) is 48.1 Å². The number of aryl methyl sites for hydroxylation is 1. The molecule has 0 atom stereocenters. The second kappa shape index (κ2) is 13.7. The van der Waals surface area contributed by atoms with Crippen LogP contribution < -0.4 is 25.4 Å². The van der Waals surface area contributed by atoms with Crippen LogP contribution >= 0.6 is 24.0 Å². The van der Waals surface area contributed by atoms with Gasteiger partial charge in [0.2, 0.25) is 5.91 Å². The van der Waals surface area contributed by atoms with E-state index in [1.54, 1.807) is 0 Å². The van der Waals surface area contributed by atoms with Crippen LogP contribution in [0.3, 0.4) is 0 Å². The summed E-state index contributed by atoms with van der Waals surface area (Å²) in [6.45, 7) is 5.31. The van der Waals surface area contributed by atoms with Crippen molar-refractivity contribution >= 4 is 41.5 Å². The number of nitrogens with one attached hydrogen (secondary N) is 3. The van der Waals surface area contributed by atoms with Gasteiger partial charge in [-0.05, 0) is 49.2 Å². The maximum Gasteiger partial charge on any atom is 0.224 e. The first-order chi connectivity index (χ1) is 14.7. The molecule has 0 saturated heterocycles. The molecule has 3 N–H and O–H groups in total. The number of nitrogens with zero attached hydrogens (tertiary/aromatic N) is 1. The van der Waals surface area contributed by atoms with Gasteiger partial charge in [0.1, 0.15) is 18.1 Å². The average Bonchev–Trinajstić information content (AvgIpc) is 2.77. The molecule has 2 aromatic carbocycles. The third kappa shape index (κ3) is 8.64. The van der Waals surface area contributed by atoms with Gasteiger partial charge in [0.15, 0.2) is 5.96 Å². The van der Waals surface area contributed by atoms with Crippen LogP contribution in [0.1, 0.15) is 25.3 Å². The Balaban J connectivity index is 0.00000341. The number of carbonyl (C=O) groups excluding carboxylic acids is 1. The summed E-state index contributed by atoms with van der Waals surface area (Å²) >= 11 is 0. The Morgan fingerprint density at radius 2 is 1.84 bits per heavy atom. The van der Waals surface area contributed by atoms with Crippen molar-refractivity contribution in [3.63, 3.8) is 0 Å². The van der Waals surface area contributed by atoms with Gasteiger partial charge in [-0.25, -0.2) is 0 Å². The zero-order valence-corrected chi connectivity index (χ0v) is 20.2. The van der Waals surface area contributed by atoms with Crippen molar-refractivity contribution in [1.82, 2.24) is 10.6 Å². The minimum absolute atomic E-state index is 0. The predicted molar refractivity (Wildman–Crippen MR) is 135 cm³/mol. The van der Waals surface area contributed by atoms with Gasteiger partial charge in [0, 0.05) is 31.6 Å². The van der Waals surface area contributed by atoms with Gasteiger partial charge >= 0.3 is 0 Å². The number of halogens is 1. The van der Waals surface area contributed by atoms with Crippen molar-refractivity contribution in [2.45, 2.75) is 26.2 Å². The van der Waals surface area contributed by atoms with Gasteiger partial charge in [0.25, 0.3) is 0 Å². The summed E-state index contributed by atoms with van der Waals surface area (Å²) < 4.78 is 11.5. The lowest BCUT2D eigenvalue weighted by Gasteiger charge is -2.18. The van der Waals surface area contributed by atoms with Crippen molar-refractivity contribution < 1.29 is 14.3 Å². The molecule has 8 heteroatoms. The lowest BCUT2D eigenvalue weighted by atomic mass is 10.0. The number of benzene rings is 2. The number of hydrogen-bond acceptors (Lipinski definition) is 4. The lowest BCUT2D eigenvalue weighted by molar-refractivity contribution is -0.116. The third-order valence-corrected chi connectivity index (χ3v) is 4.56. The Bertz CT molecular complexity index is 846. The molecule has 1 aliphatic heterocycles. The molecule has 1 amide bonds. The number of para-hydroxylation sites is 1. The van der Waals surface area contributed by atoms with Crippen LogP contribution in [0.5, 0.6) is 11.5 Å². The van der Waals surface area contributed by atoms with Crippen LogP contribution in [0.2, 0.25) is 0 Å². The second-order valence-corrected chi connectivity index (χ2v) is 6.92. The number of guanidine groups is 1. The minimum Gasteiger partial charge on any atom is -0.494 e. The van der Waals surface area contributed by atoms with E-state index in [1.807, 2.05) is 55.5 Å². The van der Waals surface area contributed by atoms with Crippen molar-refractivity contribution in [2.75, 3.05) is 38.2 Å². The molecule has 2 aromatic rings. The van der Waals surface area contributed by atoms with E-state index in [-0.39, 0.29) is 29.9 Å². The van der Waals surface area contributed by atoms with Crippen LogP contribution in [0.15, 0.2) is 53.5 Å². The largest absolute Gasteiger partial charge is 0.494 e. The Morgan fingerprint density at radius 1 is 1.03 bits per heavy atom. The summed E-state index contributed by atoms with van der Waals surface area (Å²) in [5.74, 6) is 2.54. The number of ether oxygens (including phenoxy) is 2. The maximum absolute atomic E-state index is 11.4. The van der Waals surface area contributed by atoms with Gasteiger partial charge in [-0.1, -0.05) is 18.2 Å². The van der Waals surface area contributed by atoms with E-state index >= 15 is 0 Å². The number of carbonyl (C=O) groups is 1. The normalized spacial score (nSPS) is 12.8. The topological polar surface area (TPSA) is 84.0 Å². The van der Waals surface area contributed by atoms with Crippen molar-refractivity contribution in [3.05, 3.63) is 54.1 Å². The molecule has 0 bridgehead atoms. The second-order valence-electron chi connectivity index (χ2n) is 6.92. The highest BCUT2D eigenvalue weighted by Gasteiger charge is 2.14. The summed E-state index contributed by atoms with van der Waals surface area (Å²) in [4.78, 5) is 16.0. The molecule has 0 aromatic heterocycles. The summed E-state index contributed by atoms with van der Waals surface area (Å²) in [7, 11) is 0. The van der Waals surface area contributed by atoms with Gasteiger partial charge in [-0.15, -0.1) is 24.0 Å². The van der Waals surface area contributed by atoms with Crippen molar-refractivity contribution in [2.24, 2.45) is 4.99 Å². The Kier molecular flexibility index (Phi) is 11.0. The Labute approximate surface area is 201 Å². The first kappa shape index (κ1) is 24.8. The Hall–Kier alpha value is -2.49. The van der Waals surface area contributed by atoms with E-state index in [2.05, 4.69) is 20.9 Å². The molecule has 168 valence electrons. The monoisotopic (exact) mass is 538 g/mol. The van der Waals surface area contributed by atoms with E-state index in [9.17, 15) is 4.79 Å². The average molecular weight is 538 g/mol. The highest BCUT2D eigenvalue weighted by Crippen LogP contribution is 2.26. The smallest absolute Gasteiger partial charge is 0.224 e. The molecule has 0 radical (unpaired) electrons. The lowest BCUT2D eigenvalue weighted by Crippen LogP contribution is -2.39. The van der Waals surface area contributed by atoms with E-state index in [0.29, 0.717) is 32.7 Å². The molecule has 0 saturated carbocycles. The molecule has 31 heavy (non-hydrogen) atoms. The maximum atomic E-state index is 11.4. The first-order valence-corrected chi connectivity index (χ1v) is 10.5. The molecule has 1 aliphatic rings. The molecular weight excluding hydrogens is 507 g/mol. The first-order valence-electron chi connectivity index (χ1n) is 10.5. The fourth-order valence-corrected chi connectivity index (χ4v) is 3.09. The molecular formula is C23H31IN4O3. The van der Waals surface area contributed by atoms with Crippen LogP contribution in [0.4, 0.5) is 5.69 Å². The number of rotatable bonds is 10. The van der Waals surface area contributed by atoms with E-state index in [4.69, 9.17) is 9.47 Å². The predicted octanol–water partition coefficient (Wildman–Crippen LogP) is 3.59. The zero-order valence-electron chi connectivity index (χ0n) is 17.9. The molecule has 1 heterocycles. The van der Waals surface area contributed by atoms with Crippen molar-refractivity contribution in [1.29, 1.82) is 0 Å². The van der Waals surface area contributed by atoms with Gasteiger partial charge in [-0.2, -0.15) is 0 Å². The molecule has 0 fully saturated rings. The van der Waals surface area contributed by atoms with Crippen LogP contribution in [-0.2, 0) is 11.2 Å². The van der Waals surface area contributed by atoms with Crippen LogP contribution in [0, 0.1) is 0 Å². The molecule has 7 nitrogen and oxygen atoms in total. The van der Waals surface area contributed by atoms with Gasteiger partial charge in [0.05, 0.1) is 13.2 Å². The van der Waals surface area contributed by atoms with Gasteiger partial charge in [-0.3, -0.25) is 9.79 Å². The molecule has 3 rings (SSSR count). The van der Waals surface area contributed by atoms with Gasteiger partial charge < -0.3 is 25.4 Å². The van der Waals surface area contributed by atoms with Crippen LogP contribution in [0.25, 0.3) is 0 Å². The number of fused-ring (bicyclic) bond motifs is 1. The summed E-state index contributed by atoms with van der Waals surface area (Å²) in [6.07, 6.45) is 2.12. The number of hydrogen-bond donors (Lipinski definition) is 3. The number of anilines is 1. The number of aliphatic imine (C=N–C) groups is 1. The Morgan fingerprint density at radius 3 is 2.65 bits per heavy atom.